The lowest BCUT2D eigenvalue weighted by Gasteiger charge is -2.10. The molecule has 1 aromatic heterocycles. The van der Waals surface area contributed by atoms with Crippen molar-refractivity contribution in [2.75, 3.05) is 6.54 Å². The summed E-state index contributed by atoms with van der Waals surface area (Å²) in [6.45, 7) is 1.06. The highest BCUT2D eigenvalue weighted by Gasteiger charge is 2.19. The number of benzene rings is 1. The molecular weight excluding hydrogens is 210 g/mol. The van der Waals surface area contributed by atoms with Gasteiger partial charge in [-0.05, 0) is 31.0 Å². The zero-order chi connectivity index (χ0) is 10.3. The molecule has 0 spiro atoms. The van der Waals surface area contributed by atoms with E-state index in [2.05, 4.69) is 11.4 Å². The van der Waals surface area contributed by atoms with Crippen LogP contribution in [0.4, 0.5) is 0 Å². The minimum Gasteiger partial charge on any atom is -0.414 e. The summed E-state index contributed by atoms with van der Waals surface area (Å²) >= 11 is 1.20. The van der Waals surface area contributed by atoms with Crippen molar-refractivity contribution in [3.05, 3.63) is 33.5 Å². The van der Waals surface area contributed by atoms with E-state index in [9.17, 15) is 4.79 Å². The average molecular weight is 221 g/mol. The lowest BCUT2D eigenvalue weighted by molar-refractivity contribution is 0.584. The Balaban J connectivity index is 2.20. The molecule has 1 aliphatic heterocycles. The van der Waals surface area contributed by atoms with Crippen LogP contribution in [0.15, 0.2) is 27.4 Å². The fraction of sp³-hybridized carbons (Fsp3) is 0.364. The zero-order valence-corrected chi connectivity index (χ0v) is 8.97. The maximum Gasteiger partial charge on any atom is 0.396 e. The zero-order valence-electron chi connectivity index (χ0n) is 8.16. The minimum atomic E-state index is -0.213. The molecule has 0 radical (unpaired) electrons. The largest absolute Gasteiger partial charge is 0.414 e. The van der Waals surface area contributed by atoms with Crippen LogP contribution >= 0.6 is 11.3 Å². The van der Waals surface area contributed by atoms with E-state index in [-0.39, 0.29) is 4.94 Å². The fourth-order valence-corrected chi connectivity index (χ4v) is 2.98. The van der Waals surface area contributed by atoms with Gasteiger partial charge in [0.05, 0.1) is 4.70 Å². The molecule has 1 atom stereocenters. The summed E-state index contributed by atoms with van der Waals surface area (Å²) in [6.07, 6.45) is 2.35. The van der Waals surface area contributed by atoms with Crippen molar-refractivity contribution in [3.63, 3.8) is 0 Å². The molecule has 2 heterocycles. The second-order valence-electron chi connectivity index (χ2n) is 3.78. The number of hydrogen-bond donors (Lipinski definition) is 1. The predicted molar refractivity (Wildman–Crippen MR) is 60.3 cm³/mol. The van der Waals surface area contributed by atoms with Gasteiger partial charge in [-0.1, -0.05) is 23.5 Å². The molecule has 0 bridgehead atoms. The molecule has 1 fully saturated rings. The Hall–Kier alpha value is -1.13. The molecular formula is C11H11NO2S. The van der Waals surface area contributed by atoms with Gasteiger partial charge in [0.15, 0.2) is 0 Å². The molecule has 2 aromatic rings. The van der Waals surface area contributed by atoms with Gasteiger partial charge >= 0.3 is 4.94 Å². The van der Waals surface area contributed by atoms with E-state index in [1.54, 1.807) is 0 Å². The van der Waals surface area contributed by atoms with Gasteiger partial charge in [-0.15, -0.1) is 0 Å². The molecule has 1 unspecified atom stereocenters. The summed E-state index contributed by atoms with van der Waals surface area (Å²) in [7, 11) is 0. The SMILES string of the molecule is O=c1oc2cccc(C3CCCN3)c2s1. The molecule has 4 heteroatoms. The standard InChI is InChI=1S/C11H11NO2S/c13-11-14-9-5-1-3-7(10(9)15-11)8-4-2-6-12-8/h1,3,5,8,12H,2,4,6H2. The molecule has 15 heavy (non-hydrogen) atoms. The van der Waals surface area contributed by atoms with Crippen LogP contribution < -0.4 is 10.3 Å². The van der Waals surface area contributed by atoms with E-state index in [1.165, 1.54) is 23.3 Å². The van der Waals surface area contributed by atoms with Gasteiger partial charge in [-0.2, -0.15) is 0 Å². The van der Waals surface area contributed by atoms with E-state index < -0.39 is 0 Å². The molecule has 1 aromatic carbocycles. The maximum atomic E-state index is 11.2. The molecule has 0 amide bonds. The monoisotopic (exact) mass is 221 g/mol. The van der Waals surface area contributed by atoms with Crippen molar-refractivity contribution in [1.82, 2.24) is 5.32 Å². The molecule has 1 N–H and O–H groups in total. The maximum absolute atomic E-state index is 11.2. The lowest BCUT2D eigenvalue weighted by Crippen LogP contribution is -2.12. The van der Waals surface area contributed by atoms with Crippen LogP contribution in [0, 0.1) is 0 Å². The molecule has 3 rings (SSSR count). The highest BCUT2D eigenvalue weighted by Crippen LogP contribution is 2.31. The molecule has 3 nitrogen and oxygen atoms in total. The first kappa shape index (κ1) is 9.12. The van der Waals surface area contributed by atoms with Gasteiger partial charge in [0.2, 0.25) is 0 Å². The normalized spacial score (nSPS) is 21.2. The van der Waals surface area contributed by atoms with Crippen LogP contribution in [0.2, 0.25) is 0 Å². The number of nitrogens with one attached hydrogen (secondary N) is 1. The quantitative estimate of drug-likeness (QED) is 0.803. The Bertz CT molecular complexity index is 537. The second kappa shape index (κ2) is 3.47. The van der Waals surface area contributed by atoms with E-state index in [0.717, 1.165) is 23.2 Å². The molecule has 0 aliphatic carbocycles. The van der Waals surface area contributed by atoms with Crippen LogP contribution in [0.1, 0.15) is 24.4 Å². The smallest absolute Gasteiger partial charge is 0.396 e. The van der Waals surface area contributed by atoms with Crippen LogP contribution in [0.25, 0.3) is 10.3 Å². The number of fused-ring (bicyclic) bond motifs is 1. The summed E-state index contributed by atoms with van der Waals surface area (Å²) in [4.78, 5) is 11.0. The van der Waals surface area contributed by atoms with Gasteiger partial charge in [0.1, 0.15) is 5.58 Å². The van der Waals surface area contributed by atoms with Crippen molar-refractivity contribution < 1.29 is 4.42 Å². The van der Waals surface area contributed by atoms with E-state index in [0.29, 0.717) is 6.04 Å². The predicted octanol–water partition coefficient (Wildman–Crippen LogP) is 2.28. The Morgan fingerprint density at radius 3 is 3.20 bits per heavy atom. The highest BCUT2D eigenvalue weighted by molar-refractivity contribution is 7.16. The summed E-state index contributed by atoms with van der Waals surface area (Å²) in [5.74, 6) is 0. The molecule has 78 valence electrons. The summed E-state index contributed by atoms with van der Waals surface area (Å²) < 4.78 is 6.11. The molecule has 1 aliphatic rings. The molecule has 1 saturated heterocycles. The Morgan fingerprint density at radius 1 is 1.47 bits per heavy atom. The van der Waals surface area contributed by atoms with Crippen LogP contribution in [0.5, 0.6) is 0 Å². The third-order valence-corrected chi connectivity index (χ3v) is 3.71. The summed E-state index contributed by atoms with van der Waals surface area (Å²) in [5.41, 5.74) is 1.93. The number of hydrogen-bond acceptors (Lipinski definition) is 4. The highest BCUT2D eigenvalue weighted by atomic mass is 32.1. The van der Waals surface area contributed by atoms with Gasteiger partial charge in [0, 0.05) is 6.04 Å². The minimum absolute atomic E-state index is 0.213. The van der Waals surface area contributed by atoms with Gasteiger partial charge in [-0.3, -0.25) is 0 Å². The lowest BCUT2D eigenvalue weighted by atomic mass is 10.1. The van der Waals surface area contributed by atoms with E-state index >= 15 is 0 Å². The van der Waals surface area contributed by atoms with Gasteiger partial charge in [-0.25, -0.2) is 4.79 Å². The fourth-order valence-electron chi connectivity index (χ4n) is 2.14. The third kappa shape index (κ3) is 1.50. The Kier molecular flexibility index (Phi) is 2.11. The third-order valence-electron chi connectivity index (χ3n) is 2.82. The summed E-state index contributed by atoms with van der Waals surface area (Å²) in [5, 5.41) is 3.44. The van der Waals surface area contributed by atoms with Crippen molar-refractivity contribution in [1.29, 1.82) is 0 Å². The van der Waals surface area contributed by atoms with Crippen molar-refractivity contribution in [3.8, 4) is 0 Å². The average Bonchev–Trinajstić information content (AvgIpc) is 2.82. The van der Waals surface area contributed by atoms with E-state index in [4.69, 9.17) is 4.42 Å². The van der Waals surface area contributed by atoms with Crippen molar-refractivity contribution in [2.45, 2.75) is 18.9 Å². The first-order chi connectivity index (χ1) is 7.34. The van der Waals surface area contributed by atoms with Crippen LogP contribution in [-0.2, 0) is 0 Å². The van der Waals surface area contributed by atoms with E-state index in [1.807, 2.05) is 12.1 Å². The number of rotatable bonds is 1. The van der Waals surface area contributed by atoms with Gasteiger partial charge < -0.3 is 9.73 Å². The van der Waals surface area contributed by atoms with Crippen molar-refractivity contribution >= 4 is 21.6 Å². The first-order valence-electron chi connectivity index (χ1n) is 5.10. The second-order valence-corrected chi connectivity index (χ2v) is 4.72. The first-order valence-corrected chi connectivity index (χ1v) is 5.92. The Morgan fingerprint density at radius 2 is 2.40 bits per heavy atom. The van der Waals surface area contributed by atoms with Crippen LogP contribution in [-0.4, -0.2) is 6.54 Å². The Labute approximate surface area is 90.7 Å². The van der Waals surface area contributed by atoms with Crippen LogP contribution in [0.3, 0.4) is 0 Å². The summed E-state index contributed by atoms with van der Waals surface area (Å²) in [6, 6.07) is 6.28. The van der Waals surface area contributed by atoms with Crippen molar-refractivity contribution in [2.24, 2.45) is 0 Å². The topological polar surface area (TPSA) is 42.2 Å². The van der Waals surface area contributed by atoms with Gasteiger partial charge in [0.25, 0.3) is 0 Å². The molecule has 0 saturated carbocycles.